The predicted octanol–water partition coefficient (Wildman–Crippen LogP) is 5.01. The second-order valence-corrected chi connectivity index (χ2v) is 11.2. The monoisotopic (exact) mass is 488 g/mol. The summed E-state index contributed by atoms with van der Waals surface area (Å²) in [6.45, 7) is 4.84. The molecule has 0 bridgehead atoms. The second-order valence-electron chi connectivity index (χ2n) is 11.2. The van der Waals surface area contributed by atoms with E-state index >= 15 is 0 Å². The Morgan fingerprint density at radius 1 is 1.11 bits per heavy atom. The first-order valence-electron chi connectivity index (χ1n) is 13.2. The van der Waals surface area contributed by atoms with E-state index in [0.717, 1.165) is 63.5 Å². The van der Waals surface area contributed by atoms with Crippen molar-refractivity contribution in [1.29, 1.82) is 0 Å². The highest BCUT2D eigenvalue weighted by Crippen LogP contribution is 2.43. The van der Waals surface area contributed by atoms with E-state index in [4.69, 9.17) is 9.47 Å². The van der Waals surface area contributed by atoms with Crippen molar-refractivity contribution in [2.24, 2.45) is 11.3 Å². The van der Waals surface area contributed by atoms with Gasteiger partial charge in [0.15, 0.2) is 0 Å². The van der Waals surface area contributed by atoms with Crippen molar-refractivity contribution < 1.29 is 24.2 Å². The van der Waals surface area contributed by atoms with Gasteiger partial charge in [-0.2, -0.15) is 0 Å². The normalized spacial score (nSPS) is 24.3. The summed E-state index contributed by atoms with van der Waals surface area (Å²) in [5, 5.41) is 14.5. The van der Waals surface area contributed by atoms with E-state index < -0.39 is 11.7 Å². The van der Waals surface area contributed by atoms with Crippen LogP contribution in [0.25, 0.3) is 0 Å². The fourth-order valence-electron chi connectivity index (χ4n) is 5.83. The van der Waals surface area contributed by atoms with Gasteiger partial charge in [0.2, 0.25) is 0 Å². The third kappa shape index (κ3) is 7.68. The zero-order chi connectivity index (χ0) is 25.5. The molecular formula is C28H44N2O5. The van der Waals surface area contributed by atoms with Gasteiger partial charge in [0.25, 0.3) is 0 Å². The Bertz CT molecular complexity index is 850. The van der Waals surface area contributed by atoms with Gasteiger partial charge in [-0.25, -0.2) is 4.79 Å². The molecule has 0 radical (unpaired) electrons. The molecule has 7 heteroatoms. The fraction of sp³-hybridized carbons (Fsp3) is 0.714. The van der Waals surface area contributed by atoms with Gasteiger partial charge < -0.3 is 24.8 Å². The fourth-order valence-corrected chi connectivity index (χ4v) is 5.83. The van der Waals surface area contributed by atoms with Crippen LogP contribution in [0.1, 0.15) is 83.6 Å². The number of esters is 1. The zero-order valence-corrected chi connectivity index (χ0v) is 22.0. The number of ether oxygens (including phenoxy) is 2. The van der Waals surface area contributed by atoms with Crippen LogP contribution < -0.4 is 10.1 Å². The first kappa shape index (κ1) is 27.5. The molecule has 2 saturated carbocycles. The van der Waals surface area contributed by atoms with Crippen LogP contribution in [0.2, 0.25) is 0 Å². The number of nitrogens with zero attached hydrogens (tertiary/aromatic N) is 1. The molecule has 2 fully saturated rings. The molecule has 0 aliphatic heterocycles. The van der Waals surface area contributed by atoms with Crippen molar-refractivity contribution in [2.75, 3.05) is 27.2 Å². The molecule has 1 aromatic rings. The molecule has 2 aliphatic carbocycles. The molecule has 196 valence electrons. The predicted molar refractivity (Wildman–Crippen MR) is 136 cm³/mol. The maximum Gasteiger partial charge on any atom is 0.407 e. The Balaban J connectivity index is 1.68. The summed E-state index contributed by atoms with van der Waals surface area (Å²) in [6, 6.07) is 7.41. The molecule has 0 heterocycles. The van der Waals surface area contributed by atoms with E-state index in [2.05, 4.69) is 10.2 Å². The van der Waals surface area contributed by atoms with Crippen LogP contribution in [0.4, 0.5) is 4.79 Å². The number of nitrogens with one attached hydrogen (secondary N) is 1. The molecule has 2 aliphatic rings. The molecule has 35 heavy (non-hydrogen) atoms. The molecule has 0 saturated heterocycles. The van der Waals surface area contributed by atoms with Crippen LogP contribution in [0.3, 0.4) is 0 Å². The lowest BCUT2D eigenvalue weighted by molar-refractivity contribution is -0.137. The number of alkyl carbamates (subject to hydrolysis) is 1. The Morgan fingerprint density at radius 2 is 1.83 bits per heavy atom. The Morgan fingerprint density at radius 3 is 2.51 bits per heavy atom. The van der Waals surface area contributed by atoms with E-state index in [1.54, 1.807) is 6.07 Å². The minimum Gasteiger partial charge on any atom is -0.447 e. The smallest absolute Gasteiger partial charge is 0.407 e. The van der Waals surface area contributed by atoms with Crippen LogP contribution in [0.5, 0.6) is 5.75 Å². The summed E-state index contributed by atoms with van der Waals surface area (Å²) >= 11 is 0. The van der Waals surface area contributed by atoms with Crippen LogP contribution in [-0.2, 0) is 15.1 Å². The summed E-state index contributed by atoms with van der Waals surface area (Å²) in [7, 11) is 4.07. The summed E-state index contributed by atoms with van der Waals surface area (Å²) in [6.07, 6.45) is 8.35. The van der Waals surface area contributed by atoms with E-state index in [0.29, 0.717) is 18.7 Å². The van der Waals surface area contributed by atoms with Gasteiger partial charge in [-0.15, -0.1) is 0 Å². The van der Waals surface area contributed by atoms with Crippen LogP contribution in [0.15, 0.2) is 24.3 Å². The van der Waals surface area contributed by atoms with Gasteiger partial charge in [-0.3, -0.25) is 4.79 Å². The molecule has 1 amide bonds. The average Bonchev–Trinajstić information content (AvgIpc) is 2.79. The van der Waals surface area contributed by atoms with E-state index in [1.165, 1.54) is 0 Å². The standard InChI is InChI=1S/C28H44N2O5/c1-21(2)34-26(32)29-20-27(14-7-5-8-15-27)18-25(31)35-24-13-10-12-22(17-24)28(33)16-9-6-11-23(28)19-30(3)4/h10,12-13,17,21,23,33H,5-9,11,14-16,18-20H2,1-4H3,(H,29,32). The second kappa shape index (κ2) is 12.2. The third-order valence-corrected chi connectivity index (χ3v) is 7.57. The molecule has 2 atom stereocenters. The zero-order valence-electron chi connectivity index (χ0n) is 22.0. The van der Waals surface area contributed by atoms with Crippen molar-refractivity contribution in [3.8, 4) is 5.75 Å². The minimum atomic E-state index is -0.920. The molecule has 1 aromatic carbocycles. The number of carbonyl (C=O) groups is 2. The highest BCUT2D eigenvalue weighted by Gasteiger charge is 2.41. The molecular weight excluding hydrogens is 444 g/mol. The summed E-state index contributed by atoms with van der Waals surface area (Å²) < 4.78 is 11.0. The number of aliphatic hydroxyl groups is 1. The number of hydrogen-bond donors (Lipinski definition) is 2. The van der Waals surface area contributed by atoms with Gasteiger partial charge in [-0.1, -0.05) is 44.2 Å². The van der Waals surface area contributed by atoms with Gasteiger partial charge in [0.1, 0.15) is 5.75 Å². The Hall–Kier alpha value is -2.12. The number of carbonyl (C=O) groups excluding carboxylic acids is 2. The van der Waals surface area contributed by atoms with Crippen molar-refractivity contribution in [1.82, 2.24) is 10.2 Å². The molecule has 0 spiro atoms. The number of rotatable bonds is 9. The van der Waals surface area contributed by atoms with Gasteiger partial charge >= 0.3 is 12.1 Å². The molecule has 0 aromatic heterocycles. The van der Waals surface area contributed by atoms with Gasteiger partial charge in [-0.05, 0) is 76.7 Å². The first-order chi connectivity index (χ1) is 16.6. The number of amides is 1. The van der Waals surface area contributed by atoms with Crippen LogP contribution >= 0.6 is 0 Å². The first-order valence-corrected chi connectivity index (χ1v) is 13.2. The summed E-state index contributed by atoms with van der Waals surface area (Å²) in [5.41, 5.74) is -0.419. The maximum absolute atomic E-state index is 13.1. The lowest BCUT2D eigenvalue weighted by atomic mass is 9.71. The summed E-state index contributed by atoms with van der Waals surface area (Å²) in [4.78, 5) is 27.2. The van der Waals surface area contributed by atoms with Crippen LogP contribution in [-0.4, -0.2) is 55.4 Å². The highest BCUT2D eigenvalue weighted by molar-refractivity contribution is 5.73. The van der Waals surface area contributed by atoms with Gasteiger partial charge in [0.05, 0.1) is 18.1 Å². The van der Waals surface area contributed by atoms with E-state index in [1.807, 2.05) is 46.1 Å². The van der Waals surface area contributed by atoms with Crippen LogP contribution in [0, 0.1) is 11.3 Å². The Labute approximate surface area is 210 Å². The Kier molecular flexibility index (Phi) is 9.59. The molecule has 2 N–H and O–H groups in total. The quantitative estimate of drug-likeness (QED) is 0.375. The van der Waals surface area contributed by atoms with Crippen molar-refractivity contribution in [2.45, 2.75) is 89.8 Å². The van der Waals surface area contributed by atoms with E-state index in [9.17, 15) is 14.7 Å². The van der Waals surface area contributed by atoms with E-state index in [-0.39, 0.29) is 29.8 Å². The number of hydrogen-bond acceptors (Lipinski definition) is 6. The third-order valence-electron chi connectivity index (χ3n) is 7.57. The largest absolute Gasteiger partial charge is 0.447 e. The highest BCUT2D eigenvalue weighted by atomic mass is 16.6. The summed E-state index contributed by atoms with van der Waals surface area (Å²) in [5.74, 6) is 0.302. The van der Waals surface area contributed by atoms with Crippen molar-refractivity contribution >= 4 is 12.1 Å². The van der Waals surface area contributed by atoms with Gasteiger partial charge in [0, 0.05) is 19.0 Å². The average molecular weight is 489 g/mol. The SMILES string of the molecule is CC(C)OC(=O)NCC1(CC(=O)Oc2cccc(C3(O)CCCCC3CN(C)C)c2)CCCCC1. The topological polar surface area (TPSA) is 88.1 Å². The maximum atomic E-state index is 13.1. The van der Waals surface area contributed by atoms with Crippen molar-refractivity contribution in [3.05, 3.63) is 29.8 Å². The molecule has 7 nitrogen and oxygen atoms in total. The van der Waals surface area contributed by atoms with Crippen molar-refractivity contribution in [3.63, 3.8) is 0 Å². The molecule has 2 unspecified atom stereocenters. The minimum absolute atomic E-state index is 0.138. The number of benzene rings is 1. The molecule has 3 rings (SSSR count). The lowest BCUT2D eigenvalue weighted by Crippen LogP contribution is -2.43. The lowest BCUT2D eigenvalue weighted by Gasteiger charge is -2.41.